The van der Waals surface area contributed by atoms with Gasteiger partial charge >= 0.3 is 0 Å². The van der Waals surface area contributed by atoms with Gasteiger partial charge in [0.25, 0.3) is 10.0 Å². The average molecular weight is 560 g/mol. The number of nitrogens with one attached hydrogen (secondary N) is 2. The van der Waals surface area contributed by atoms with Crippen LogP contribution in [0, 0.1) is 13.8 Å². The van der Waals surface area contributed by atoms with E-state index in [0.717, 1.165) is 9.87 Å². The number of anilines is 2. The van der Waals surface area contributed by atoms with Gasteiger partial charge in [-0.05, 0) is 67.9 Å². The van der Waals surface area contributed by atoms with E-state index in [4.69, 9.17) is 4.74 Å². The lowest BCUT2D eigenvalue weighted by Gasteiger charge is -2.23. The predicted octanol–water partition coefficient (Wildman–Crippen LogP) is 2.88. The molecule has 12 heteroatoms. The molecule has 3 aromatic carbocycles. The van der Waals surface area contributed by atoms with Crippen LogP contribution in [0.3, 0.4) is 0 Å². The second kappa shape index (κ2) is 10.7. The van der Waals surface area contributed by atoms with E-state index in [-0.39, 0.29) is 28.4 Å². The fourth-order valence-electron chi connectivity index (χ4n) is 4.20. The molecule has 0 spiro atoms. The Morgan fingerprint density at radius 3 is 2.21 bits per heavy atom. The number of nitrogens with zero attached hydrogens (tertiary/aromatic N) is 1. The number of carbonyl (C=O) groups is 1. The number of ether oxygens (including phenoxy) is 1. The summed E-state index contributed by atoms with van der Waals surface area (Å²) in [5.74, 6) is -0.100. The highest BCUT2D eigenvalue weighted by Crippen LogP contribution is 2.29. The quantitative estimate of drug-likeness (QED) is 0.385. The molecule has 0 unspecified atom stereocenters. The number of aryl methyl sites for hydroxylation is 2. The van der Waals surface area contributed by atoms with Crippen LogP contribution in [-0.4, -0.2) is 58.0 Å². The van der Waals surface area contributed by atoms with Gasteiger partial charge in [-0.2, -0.15) is 4.31 Å². The minimum Gasteiger partial charge on any atom is -0.497 e. The van der Waals surface area contributed by atoms with Crippen molar-refractivity contribution in [3.8, 4) is 5.75 Å². The lowest BCUT2D eigenvalue weighted by molar-refractivity contribution is -0.119. The van der Waals surface area contributed by atoms with Gasteiger partial charge in [0.15, 0.2) is 0 Å². The summed E-state index contributed by atoms with van der Waals surface area (Å²) in [4.78, 5) is 13.2. The molecule has 0 radical (unpaired) electrons. The molecule has 3 N–H and O–H groups in total. The molecule has 3 aromatic rings. The van der Waals surface area contributed by atoms with E-state index in [1.54, 1.807) is 49.4 Å². The zero-order valence-electron chi connectivity index (χ0n) is 21.1. The Balaban J connectivity index is 1.56. The van der Waals surface area contributed by atoms with Crippen LogP contribution in [0.25, 0.3) is 0 Å². The van der Waals surface area contributed by atoms with Gasteiger partial charge in [-0.25, -0.2) is 16.8 Å². The highest BCUT2D eigenvalue weighted by Gasteiger charge is 2.43. The first-order valence-electron chi connectivity index (χ1n) is 11.8. The third-order valence-electron chi connectivity index (χ3n) is 6.25. The zero-order chi connectivity index (χ0) is 27.7. The molecule has 1 aliphatic rings. The number of hydrogen-bond donors (Lipinski definition) is 3. The summed E-state index contributed by atoms with van der Waals surface area (Å²) in [5.41, 5.74) is 1.83. The van der Waals surface area contributed by atoms with Crippen molar-refractivity contribution < 1.29 is 31.5 Å². The molecule has 0 aliphatic carbocycles. The van der Waals surface area contributed by atoms with Crippen LogP contribution in [0.2, 0.25) is 0 Å². The minimum absolute atomic E-state index is 0.0170. The van der Waals surface area contributed by atoms with Gasteiger partial charge in [0.2, 0.25) is 15.9 Å². The molecule has 1 amide bonds. The molecule has 1 fully saturated rings. The first-order valence-corrected chi connectivity index (χ1v) is 14.7. The van der Waals surface area contributed by atoms with Crippen molar-refractivity contribution in [1.29, 1.82) is 0 Å². The maximum absolute atomic E-state index is 13.2. The molecule has 38 heavy (non-hydrogen) atoms. The Kier molecular flexibility index (Phi) is 7.79. The molecule has 202 valence electrons. The SMILES string of the molecule is COc1ccc(NS(=O)(=O)c2cc(NC(=O)[C@H]3C[C@H](O)CN3S(=O)(=O)c3ccc(C)cc3)ccc2C)cc1. The summed E-state index contributed by atoms with van der Waals surface area (Å²) in [5, 5.41) is 12.8. The number of carbonyl (C=O) groups excluding carboxylic acids is 1. The summed E-state index contributed by atoms with van der Waals surface area (Å²) in [6, 6.07) is 15.8. The van der Waals surface area contributed by atoms with E-state index in [0.29, 0.717) is 17.0 Å². The molecule has 0 saturated carbocycles. The van der Waals surface area contributed by atoms with Gasteiger partial charge in [-0.3, -0.25) is 9.52 Å². The third-order valence-corrected chi connectivity index (χ3v) is 9.66. The van der Waals surface area contributed by atoms with Gasteiger partial charge in [0, 0.05) is 24.3 Å². The van der Waals surface area contributed by atoms with Crippen molar-refractivity contribution in [2.75, 3.05) is 23.7 Å². The van der Waals surface area contributed by atoms with Crippen LogP contribution in [0.1, 0.15) is 17.5 Å². The van der Waals surface area contributed by atoms with Crippen LogP contribution in [0.5, 0.6) is 5.75 Å². The number of methoxy groups -OCH3 is 1. The number of rotatable bonds is 8. The Hall–Kier alpha value is -3.45. The molecular weight excluding hydrogens is 530 g/mol. The third kappa shape index (κ3) is 5.83. The van der Waals surface area contributed by atoms with Crippen LogP contribution < -0.4 is 14.8 Å². The van der Waals surface area contributed by atoms with Crippen molar-refractivity contribution >= 4 is 37.3 Å². The maximum atomic E-state index is 13.2. The smallest absolute Gasteiger partial charge is 0.262 e. The Morgan fingerprint density at radius 2 is 1.58 bits per heavy atom. The normalized spacial score (nSPS) is 18.2. The number of benzene rings is 3. The van der Waals surface area contributed by atoms with Crippen LogP contribution >= 0.6 is 0 Å². The lowest BCUT2D eigenvalue weighted by Crippen LogP contribution is -2.43. The minimum atomic E-state index is -4.05. The second-order valence-electron chi connectivity index (χ2n) is 9.10. The Bertz CT molecular complexity index is 1540. The molecule has 1 saturated heterocycles. The largest absolute Gasteiger partial charge is 0.497 e. The number of sulfonamides is 2. The van der Waals surface area contributed by atoms with Gasteiger partial charge in [-0.1, -0.05) is 23.8 Å². The van der Waals surface area contributed by atoms with Gasteiger partial charge < -0.3 is 15.2 Å². The van der Waals surface area contributed by atoms with Crippen LogP contribution in [-0.2, 0) is 24.8 Å². The van der Waals surface area contributed by atoms with Gasteiger partial charge in [0.1, 0.15) is 11.8 Å². The van der Waals surface area contributed by atoms with E-state index in [1.807, 2.05) is 6.92 Å². The Labute approximate surface area is 222 Å². The summed E-state index contributed by atoms with van der Waals surface area (Å²) >= 11 is 0. The van der Waals surface area contributed by atoms with E-state index in [2.05, 4.69) is 10.0 Å². The summed E-state index contributed by atoms with van der Waals surface area (Å²) in [6.45, 7) is 3.22. The van der Waals surface area contributed by atoms with Crippen LogP contribution in [0.4, 0.5) is 11.4 Å². The van der Waals surface area contributed by atoms with Gasteiger partial charge in [0.05, 0.1) is 23.0 Å². The van der Waals surface area contributed by atoms with Crippen molar-refractivity contribution in [3.63, 3.8) is 0 Å². The monoisotopic (exact) mass is 559 g/mol. The molecular formula is C26H29N3O7S2. The van der Waals surface area contributed by atoms with Crippen molar-refractivity contribution in [3.05, 3.63) is 77.9 Å². The number of hydrogen-bond acceptors (Lipinski definition) is 7. The number of aliphatic hydroxyl groups excluding tert-OH is 1. The summed E-state index contributed by atoms with van der Waals surface area (Å²) < 4.78 is 61.3. The lowest BCUT2D eigenvalue weighted by atomic mass is 10.2. The van der Waals surface area contributed by atoms with E-state index in [1.165, 1.54) is 31.4 Å². The molecule has 4 rings (SSSR count). The molecule has 0 aromatic heterocycles. The van der Waals surface area contributed by atoms with Crippen molar-refractivity contribution in [1.82, 2.24) is 4.31 Å². The number of β-amino-alcohol motifs (C(OH)–C–C–N with tert-alkyl or cyclic N) is 1. The highest BCUT2D eigenvalue weighted by atomic mass is 32.2. The summed E-state index contributed by atoms with van der Waals surface area (Å²) in [7, 11) is -6.56. The predicted molar refractivity (Wildman–Crippen MR) is 143 cm³/mol. The molecule has 10 nitrogen and oxygen atoms in total. The first-order chi connectivity index (χ1) is 17.9. The highest BCUT2D eigenvalue weighted by molar-refractivity contribution is 7.92. The van der Waals surface area contributed by atoms with E-state index in [9.17, 15) is 26.7 Å². The molecule has 2 atom stereocenters. The average Bonchev–Trinajstić information content (AvgIpc) is 3.28. The zero-order valence-corrected chi connectivity index (χ0v) is 22.7. The van der Waals surface area contributed by atoms with Gasteiger partial charge in [-0.15, -0.1) is 0 Å². The molecule has 1 aliphatic heterocycles. The van der Waals surface area contributed by atoms with E-state index >= 15 is 0 Å². The van der Waals surface area contributed by atoms with Crippen LogP contribution in [0.15, 0.2) is 76.5 Å². The van der Waals surface area contributed by atoms with Crippen molar-refractivity contribution in [2.45, 2.75) is 42.2 Å². The van der Waals surface area contributed by atoms with E-state index < -0.39 is 38.1 Å². The fourth-order valence-corrected chi connectivity index (χ4v) is 7.16. The molecule has 1 heterocycles. The second-order valence-corrected chi connectivity index (χ2v) is 12.6. The first kappa shape index (κ1) is 27.6. The molecule has 0 bridgehead atoms. The van der Waals surface area contributed by atoms with Crippen molar-refractivity contribution in [2.24, 2.45) is 0 Å². The maximum Gasteiger partial charge on any atom is 0.262 e. The summed E-state index contributed by atoms with van der Waals surface area (Å²) in [6.07, 6.45) is -1.11. The number of aliphatic hydroxyl groups is 1. The number of amides is 1. The fraction of sp³-hybridized carbons (Fsp3) is 0.269. The topological polar surface area (TPSA) is 142 Å². The standard InChI is InChI=1S/C26H29N3O7S2/c1-17-4-12-23(13-5-17)38(34,35)29-16-21(30)15-24(29)26(31)27-20-7-6-18(2)25(14-20)37(32,33)28-19-8-10-22(36-3)11-9-19/h4-14,21,24,28,30H,15-16H2,1-3H3,(H,27,31)/t21-,24+/m0/s1. The Morgan fingerprint density at radius 1 is 0.947 bits per heavy atom.